The minimum absolute atomic E-state index is 0.0798. The Hall–Kier alpha value is -0.890. The zero-order valence-corrected chi connectivity index (χ0v) is 11.8. The molecule has 18 heavy (non-hydrogen) atoms. The maximum Gasteiger partial charge on any atom is 0.153 e. The van der Waals surface area contributed by atoms with E-state index in [2.05, 4.69) is 50.4 Å². The Kier molecular flexibility index (Phi) is 3.76. The van der Waals surface area contributed by atoms with E-state index in [1.807, 2.05) is 0 Å². The fraction of sp³-hybridized carbons (Fsp3) is 0.688. The van der Waals surface area contributed by atoms with E-state index in [1.165, 1.54) is 0 Å². The Morgan fingerprint density at radius 3 is 2.61 bits per heavy atom. The van der Waals surface area contributed by atoms with Crippen LogP contribution >= 0.6 is 0 Å². The Morgan fingerprint density at radius 1 is 1.28 bits per heavy atom. The van der Waals surface area contributed by atoms with Gasteiger partial charge in [-0.05, 0) is 33.1 Å². The highest BCUT2D eigenvalue weighted by Crippen LogP contribution is 2.45. The molecule has 2 nitrogen and oxygen atoms in total. The van der Waals surface area contributed by atoms with Crippen molar-refractivity contribution in [2.24, 2.45) is 5.41 Å². The molecule has 2 aliphatic rings. The van der Waals surface area contributed by atoms with Gasteiger partial charge >= 0.3 is 0 Å². The highest BCUT2D eigenvalue weighted by atomic mass is 16.1. The van der Waals surface area contributed by atoms with Crippen molar-refractivity contribution >= 4 is 5.78 Å². The van der Waals surface area contributed by atoms with Crippen LogP contribution in [0.2, 0.25) is 0 Å². The topological polar surface area (TPSA) is 29.1 Å². The molecule has 1 N–H and O–H groups in total. The van der Waals surface area contributed by atoms with Crippen LogP contribution in [-0.2, 0) is 4.79 Å². The number of nitrogens with one attached hydrogen (secondary N) is 1. The van der Waals surface area contributed by atoms with Gasteiger partial charge in [0.2, 0.25) is 0 Å². The van der Waals surface area contributed by atoms with Gasteiger partial charge in [0.15, 0.2) is 5.78 Å². The first-order valence-electron chi connectivity index (χ1n) is 7.16. The molecular weight excluding hydrogens is 222 g/mol. The summed E-state index contributed by atoms with van der Waals surface area (Å²) in [6.07, 6.45) is 13.4. The van der Waals surface area contributed by atoms with Crippen molar-refractivity contribution in [2.75, 3.05) is 0 Å². The third kappa shape index (κ3) is 2.18. The summed E-state index contributed by atoms with van der Waals surface area (Å²) in [4.78, 5) is 12.6. The highest BCUT2D eigenvalue weighted by molar-refractivity contribution is 5.90. The third-order valence-electron chi connectivity index (χ3n) is 4.44. The first-order chi connectivity index (χ1) is 8.50. The molecule has 0 aliphatic heterocycles. The van der Waals surface area contributed by atoms with Crippen LogP contribution in [0.15, 0.2) is 24.3 Å². The van der Waals surface area contributed by atoms with Gasteiger partial charge in [0.1, 0.15) is 0 Å². The molecule has 0 aromatic heterocycles. The molecule has 2 aliphatic carbocycles. The van der Waals surface area contributed by atoms with Crippen LogP contribution in [0.25, 0.3) is 0 Å². The summed E-state index contributed by atoms with van der Waals surface area (Å²) < 4.78 is 0. The molecule has 1 saturated carbocycles. The summed E-state index contributed by atoms with van der Waals surface area (Å²) in [6, 6.07) is 0.336. The van der Waals surface area contributed by atoms with Crippen LogP contribution in [-0.4, -0.2) is 17.4 Å². The van der Waals surface area contributed by atoms with Crippen LogP contribution in [0.5, 0.6) is 0 Å². The van der Waals surface area contributed by atoms with Crippen molar-refractivity contribution in [1.82, 2.24) is 5.32 Å². The zero-order valence-electron chi connectivity index (χ0n) is 11.8. The van der Waals surface area contributed by atoms with Crippen molar-refractivity contribution < 1.29 is 4.79 Å². The number of hydrogen-bond donors (Lipinski definition) is 1. The van der Waals surface area contributed by atoms with E-state index in [1.54, 1.807) is 0 Å². The minimum atomic E-state index is -0.360. The third-order valence-corrected chi connectivity index (χ3v) is 4.44. The lowest BCUT2D eigenvalue weighted by Gasteiger charge is -2.50. The average molecular weight is 247 g/mol. The SMILES string of the molecule is CC(C)N[C@]1(C2(C)C=CC=CC2)CCCCC1=O. The fourth-order valence-corrected chi connectivity index (χ4v) is 3.49. The van der Waals surface area contributed by atoms with E-state index < -0.39 is 0 Å². The van der Waals surface area contributed by atoms with Crippen molar-refractivity contribution in [3.8, 4) is 0 Å². The van der Waals surface area contributed by atoms with Crippen molar-refractivity contribution in [2.45, 2.75) is 64.5 Å². The lowest BCUT2D eigenvalue weighted by molar-refractivity contribution is -0.132. The van der Waals surface area contributed by atoms with Gasteiger partial charge in [0.25, 0.3) is 0 Å². The number of allylic oxidation sites excluding steroid dienone is 3. The number of rotatable bonds is 3. The molecule has 0 spiro atoms. The number of carbonyl (C=O) groups is 1. The van der Waals surface area contributed by atoms with E-state index in [4.69, 9.17) is 0 Å². The molecule has 0 heterocycles. The lowest BCUT2D eigenvalue weighted by Crippen LogP contribution is -2.64. The standard InChI is InChI=1S/C16H25NO/c1-13(2)17-16(12-8-5-9-14(16)18)15(3)10-6-4-7-11-15/h4,6-7,10,13,17H,5,8-9,11-12H2,1-3H3/t15?,16-/m1/s1. The number of ketones is 1. The smallest absolute Gasteiger partial charge is 0.153 e. The Bertz CT molecular complexity index is 383. The molecule has 2 atom stereocenters. The van der Waals surface area contributed by atoms with E-state index in [0.29, 0.717) is 11.8 Å². The summed E-state index contributed by atoms with van der Waals surface area (Å²) in [5, 5.41) is 3.62. The van der Waals surface area contributed by atoms with Crippen LogP contribution in [0.4, 0.5) is 0 Å². The summed E-state index contributed by atoms with van der Waals surface area (Å²) in [5.41, 5.74) is -0.440. The van der Waals surface area contributed by atoms with Gasteiger partial charge in [0.05, 0.1) is 5.54 Å². The molecule has 1 fully saturated rings. The molecule has 100 valence electrons. The van der Waals surface area contributed by atoms with Crippen molar-refractivity contribution in [1.29, 1.82) is 0 Å². The monoisotopic (exact) mass is 247 g/mol. The molecule has 0 aromatic carbocycles. The maximum atomic E-state index is 12.6. The van der Waals surface area contributed by atoms with Crippen LogP contribution < -0.4 is 5.32 Å². The summed E-state index contributed by atoms with van der Waals surface area (Å²) in [6.45, 7) is 6.50. The Balaban J connectivity index is 2.37. The largest absolute Gasteiger partial charge is 0.302 e. The van der Waals surface area contributed by atoms with Gasteiger partial charge in [-0.25, -0.2) is 0 Å². The average Bonchev–Trinajstić information content (AvgIpc) is 2.32. The molecule has 0 radical (unpaired) electrons. The second kappa shape index (κ2) is 5.00. The van der Waals surface area contributed by atoms with Crippen LogP contribution in [0, 0.1) is 5.41 Å². The first-order valence-corrected chi connectivity index (χ1v) is 7.16. The van der Waals surface area contributed by atoms with Gasteiger partial charge in [0, 0.05) is 17.9 Å². The molecule has 0 saturated heterocycles. The second-order valence-corrected chi connectivity index (χ2v) is 6.24. The molecule has 0 amide bonds. The molecular formula is C16H25NO. The summed E-state index contributed by atoms with van der Waals surface area (Å²) >= 11 is 0. The summed E-state index contributed by atoms with van der Waals surface area (Å²) in [5.74, 6) is 0.407. The predicted molar refractivity (Wildman–Crippen MR) is 75.5 cm³/mol. The van der Waals surface area contributed by atoms with Crippen LogP contribution in [0.3, 0.4) is 0 Å². The van der Waals surface area contributed by atoms with Gasteiger partial charge < -0.3 is 5.32 Å². The van der Waals surface area contributed by atoms with Gasteiger partial charge in [-0.2, -0.15) is 0 Å². The van der Waals surface area contributed by atoms with E-state index in [-0.39, 0.29) is 11.0 Å². The van der Waals surface area contributed by atoms with Crippen molar-refractivity contribution in [3.05, 3.63) is 24.3 Å². The molecule has 0 bridgehead atoms. The second-order valence-electron chi connectivity index (χ2n) is 6.24. The van der Waals surface area contributed by atoms with Gasteiger partial charge in [-0.1, -0.05) is 37.6 Å². The molecule has 2 heteroatoms. The normalized spacial score (nSPS) is 36.3. The number of Topliss-reactive ketones (excluding diaryl/α,β-unsaturated/α-hetero) is 1. The van der Waals surface area contributed by atoms with E-state index >= 15 is 0 Å². The first kappa shape index (κ1) is 13.5. The number of carbonyl (C=O) groups excluding carboxylic acids is 1. The minimum Gasteiger partial charge on any atom is -0.302 e. The molecule has 1 unspecified atom stereocenters. The predicted octanol–water partition coefficient (Wildman–Crippen LogP) is 3.39. The number of hydrogen-bond acceptors (Lipinski definition) is 2. The van der Waals surface area contributed by atoms with Crippen LogP contribution in [0.1, 0.15) is 52.9 Å². The lowest BCUT2D eigenvalue weighted by atomic mass is 9.60. The molecule has 0 aromatic rings. The quantitative estimate of drug-likeness (QED) is 0.828. The van der Waals surface area contributed by atoms with Gasteiger partial charge in [-0.15, -0.1) is 0 Å². The maximum absolute atomic E-state index is 12.6. The highest BCUT2D eigenvalue weighted by Gasteiger charge is 2.52. The van der Waals surface area contributed by atoms with Crippen molar-refractivity contribution in [3.63, 3.8) is 0 Å². The van der Waals surface area contributed by atoms with Gasteiger partial charge in [-0.3, -0.25) is 4.79 Å². The Labute approximate surface area is 111 Å². The van der Waals surface area contributed by atoms with E-state index in [9.17, 15) is 4.79 Å². The summed E-state index contributed by atoms with van der Waals surface area (Å²) in [7, 11) is 0. The fourth-order valence-electron chi connectivity index (χ4n) is 3.49. The molecule has 2 rings (SSSR count). The van der Waals surface area contributed by atoms with E-state index in [0.717, 1.165) is 32.1 Å². The Morgan fingerprint density at radius 2 is 2.06 bits per heavy atom. The zero-order chi connectivity index (χ0) is 13.2.